The largest absolute Gasteiger partial charge is 0.573 e. The second-order valence-corrected chi connectivity index (χ2v) is 5.60. The lowest BCUT2D eigenvalue weighted by atomic mass is 10.1. The van der Waals surface area contributed by atoms with E-state index in [1.807, 2.05) is 30.3 Å². The third-order valence-corrected chi connectivity index (χ3v) is 3.44. The predicted octanol–water partition coefficient (Wildman–Crippen LogP) is 5.14. The van der Waals surface area contributed by atoms with Gasteiger partial charge in [0.15, 0.2) is 5.82 Å². The molecule has 138 valence electrons. The first-order valence-corrected chi connectivity index (χ1v) is 8.02. The maximum Gasteiger partial charge on any atom is 0.573 e. The summed E-state index contributed by atoms with van der Waals surface area (Å²) >= 11 is 5.95. The second-order valence-electron chi connectivity index (χ2n) is 5.26. The third kappa shape index (κ3) is 5.68. The lowest BCUT2D eigenvalue weighted by Crippen LogP contribution is -2.17. The standard InChI is InChI=1S/C18H12ClF3N4O/c19-17-24-15(13-4-2-1-3-5-13)10-16(25-17)26-23-11-12-6-8-14(9-7-12)27-18(20,21)22/h1-11H,(H,24,25,26). The molecule has 0 aliphatic rings. The maximum absolute atomic E-state index is 12.1. The lowest BCUT2D eigenvalue weighted by molar-refractivity contribution is -0.274. The number of hydrogen-bond donors (Lipinski definition) is 1. The Kier molecular flexibility index (Phi) is 5.56. The fourth-order valence-electron chi connectivity index (χ4n) is 2.16. The molecule has 3 rings (SSSR count). The fourth-order valence-corrected chi connectivity index (χ4v) is 2.34. The highest BCUT2D eigenvalue weighted by atomic mass is 35.5. The van der Waals surface area contributed by atoms with Gasteiger partial charge in [0.2, 0.25) is 5.28 Å². The molecule has 1 heterocycles. The Morgan fingerprint density at radius 2 is 1.70 bits per heavy atom. The topological polar surface area (TPSA) is 59.4 Å². The summed E-state index contributed by atoms with van der Waals surface area (Å²) in [6.07, 6.45) is -3.30. The number of halogens is 4. The van der Waals surface area contributed by atoms with E-state index >= 15 is 0 Å². The molecule has 5 nitrogen and oxygen atoms in total. The Morgan fingerprint density at radius 1 is 1.00 bits per heavy atom. The molecule has 0 unspecified atom stereocenters. The molecule has 0 saturated carbocycles. The average Bonchev–Trinajstić information content (AvgIpc) is 2.62. The van der Waals surface area contributed by atoms with Gasteiger partial charge in [-0.1, -0.05) is 30.3 Å². The zero-order valence-electron chi connectivity index (χ0n) is 13.6. The molecule has 1 aromatic heterocycles. The van der Waals surface area contributed by atoms with Gasteiger partial charge in [-0.25, -0.2) is 4.98 Å². The monoisotopic (exact) mass is 392 g/mol. The molecule has 0 atom stereocenters. The van der Waals surface area contributed by atoms with Gasteiger partial charge in [-0.2, -0.15) is 10.1 Å². The SMILES string of the molecule is FC(F)(F)Oc1ccc(C=NNc2cc(-c3ccccc3)nc(Cl)n2)cc1. The summed E-state index contributed by atoms with van der Waals surface area (Å²) in [6, 6.07) is 16.4. The molecular weight excluding hydrogens is 381 g/mol. The van der Waals surface area contributed by atoms with Crippen LogP contribution in [0.5, 0.6) is 5.75 Å². The zero-order valence-corrected chi connectivity index (χ0v) is 14.4. The van der Waals surface area contributed by atoms with Gasteiger partial charge in [0, 0.05) is 11.6 Å². The number of ether oxygens (including phenoxy) is 1. The smallest absolute Gasteiger partial charge is 0.406 e. The fraction of sp³-hybridized carbons (Fsp3) is 0.0556. The Morgan fingerprint density at radius 3 is 2.37 bits per heavy atom. The Hall–Kier alpha value is -3.13. The van der Waals surface area contributed by atoms with E-state index in [9.17, 15) is 13.2 Å². The highest BCUT2D eigenvalue weighted by molar-refractivity contribution is 6.28. The zero-order chi connectivity index (χ0) is 19.3. The van der Waals surface area contributed by atoms with E-state index in [4.69, 9.17) is 11.6 Å². The second kappa shape index (κ2) is 8.05. The van der Waals surface area contributed by atoms with Crippen LogP contribution in [-0.2, 0) is 0 Å². The molecule has 2 aromatic carbocycles. The quantitative estimate of drug-likeness (QED) is 0.371. The van der Waals surface area contributed by atoms with Crippen molar-refractivity contribution >= 4 is 23.6 Å². The van der Waals surface area contributed by atoms with Crippen LogP contribution in [0, 0.1) is 0 Å². The summed E-state index contributed by atoms with van der Waals surface area (Å²) < 4.78 is 40.2. The average molecular weight is 393 g/mol. The van der Waals surface area contributed by atoms with Crippen molar-refractivity contribution in [3.05, 3.63) is 71.5 Å². The third-order valence-electron chi connectivity index (χ3n) is 3.27. The first kappa shape index (κ1) is 18.7. The highest BCUT2D eigenvalue weighted by Gasteiger charge is 2.30. The molecule has 0 radical (unpaired) electrons. The molecular formula is C18H12ClF3N4O. The molecule has 9 heteroatoms. The van der Waals surface area contributed by atoms with Gasteiger partial charge >= 0.3 is 6.36 Å². The van der Waals surface area contributed by atoms with E-state index in [2.05, 4.69) is 25.2 Å². The van der Waals surface area contributed by atoms with Gasteiger partial charge in [0.1, 0.15) is 5.75 Å². The van der Waals surface area contributed by atoms with Crippen LogP contribution in [0.3, 0.4) is 0 Å². The Labute approximate surface area is 157 Å². The van der Waals surface area contributed by atoms with Crippen LogP contribution in [0.2, 0.25) is 5.28 Å². The molecule has 1 N–H and O–H groups in total. The van der Waals surface area contributed by atoms with Crippen molar-refractivity contribution in [1.82, 2.24) is 9.97 Å². The molecule has 0 bridgehead atoms. The first-order valence-electron chi connectivity index (χ1n) is 7.64. The van der Waals surface area contributed by atoms with E-state index in [-0.39, 0.29) is 11.0 Å². The van der Waals surface area contributed by atoms with E-state index in [0.717, 1.165) is 5.56 Å². The minimum atomic E-state index is -4.72. The van der Waals surface area contributed by atoms with Crippen molar-refractivity contribution in [3.63, 3.8) is 0 Å². The molecule has 0 spiro atoms. The summed E-state index contributed by atoms with van der Waals surface area (Å²) in [6.45, 7) is 0. The number of alkyl halides is 3. The first-order chi connectivity index (χ1) is 12.9. The summed E-state index contributed by atoms with van der Waals surface area (Å²) in [5.74, 6) is 0.0739. The van der Waals surface area contributed by atoms with Crippen LogP contribution in [0.1, 0.15) is 5.56 Å². The number of hydrazone groups is 1. The van der Waals surface area contributed by atoms with Crippen LogP contribution in [0.25, 0.3) is 11.3 Å². The number of anilines is 1. The molecule has 27 heavy (non-hydrogen) atoms. The summed E-state index contributed by atoms with van der Waals surface area (Å²) in [5, 5.41) is 4.06. The molecule has 0 saturated heterocycles. The van der Waals surface area contributed by atoms with Crippen molar-refractivity contribution in [2.24, 2.45) is 5.10 Å². The van der Waals surface area contributed by atoms with Crippen LogP contribution in [-0.4, -0.2) is 22.5 Å². The molecule has 0 fully saturated rings. The van der Waals surface area contributed by atoms with Gasteiger partial charge < -0.3 is 4.74 Å². The Balaban J connectivity index is 1.68. The summed E-state index contributed by atoms with van der Waals surface area (Å²) in [7, 11) is 0. The normalized spacial score (nSPS) is 11.6. The van der Waals surface area contributed by atoms with Crippen molar-refractivity contribution in [1.29, 1.82) is 0 Å². The lowest BCUT2D eigenvalue weighted by Gasteiger charge is -2.08. The van der Waals surface area contributed by atoms with E-state index in [0.29, 0.717) is 17.1 Å². The Bertz CT molecular complexity index is 932. The van der Waals surface area contributed by atoms with Crippen molar-refractivity contribution in [2.45, 2.75) is 6.36 Å². The summed E-state index contributed by atoms with van der Waals surface area (Å²) in [5.41, 5.74) is 4.79. The number of aromatic nitrogens is 2. The van der Waals surface area contributed by atoms with Crippen LogP contribution in [0.4, 0.5) is 19.0 Å². The molecule has 3 aromatic rings. The predicted molar refractivity (Wildman–Crippen MR) is 96.8 cm³/mol. The van der Waals surface area contributed by atoms with Gasteiger partial charge in [0.25, 0.3) is 0 Å². The van der Waals surface area contributed by atoms with Crippen molar-refractivity contribution < 1.29 is 17.9 Å². The van der Waals surface area contributed by atoms with Gasteiger partial charge in [0.05, 0.1) is 11.9 Å². The molecule has 0 aliphatic carbocycles. The van der Waals surface area contributed by atoms with Crippen LogP contribution < -0.4 is 10.2 Å². The van der Waals surface area contributed by atoms with E-state index in [1.165, 1.54) is 30.5 Å². The number of nitrogens with zero attached hydrogens (tertiary/aromatic N) is 3. The summed E-state index contributed by atoms with van der Waals surface area (Å²) in [4.78, 5) is 8.20. The number of hydrogen-bond acceptors (Lipinski definition) is 5. The highest BCUT2D eigenvalue weighted by Crippen LogP contribution is 2.23. The maximum atomic E-state index is 12.1. The van der Waals surface area contributed by atoms with Crippen molar-refractivity contribution in [3.8, 4) is 17.0 Å². The number of nitrogens with one attached hydrogen (secondary N) is 1. The minimum Gasteiger partial charge on any atom is -0.406 e. The van der Waals surface area contributed by atoms with Gasteiger partial charge in [-0.3, -0.25) is 5.43 Å². The number of benzene rings is 2. The number of rotatable bonds is 5. The molecule has 0 amide bonds. The van der Waals surface area contributed by atoms with Gasteiger partial charge in [-0.15, -0.1) is 13.2 Å². The minimum absolute atomic E-state index is 0.0581. The van der Waals surface area contributed by atoms with Gasteiger partial charge in [-0.05, 0) is 41.4 Å². The van der Waals surface area contributed by atoms with E-state index in [1.54, 1.807) is 6.07 Å². The van der Waals surface area contributed by atoms with E-state index < -0.39 is 6.36 Å². The van der Waals surface area contributed by atoms with Crippen molar-refractivity contribution in [2.75, 3.05) is 5.43 Å². The molecule has 0 aliphatic heterocycles. The van der Waals surface area contributed by atoms with Crippen LogP contribution >= 0.6 is 11.6 Å². The van der Waals surface area contributed by atoms with Crippen LogP contribution in [0.15, 0.2) is 65.8 Å².